The maximum absolute atomic E-state index is 14.4. The Hall–Kier alpha value is -2.31. The van der Waals surface area contributed by atoms with E-state index in [1.165, 1.54) is 7.11 Å². The van der Waals surface area contributed by atoms with Crippen molar-refractivity contribution in [1.29, 1.82) is 0 Å². The van der Waals surface area contributed by atoms with Crippen LogP contribution in [0.1, 0.15) is 94.9 Å². The molecule has 0 aromatic carbocycles. The molecule has 1 amide bonds. The fourth-order valence-corrected chi connectivity index (χ4v) is 9.30. The van der Waals surface area contributed by atoms with E-state index >= 15 is 0 Å². The Labute approximate surface area is 319 Å². The van der Waals surface area contributed by atoms with E-state index in [-0.39, 0.29) is 30.9 Å². The molecule has 0 aliphatic carbocycles. The van der Waals surface area contributed by atoms with Gasteiger partial charge in [0.15, 0.2) is 30.4 Å². The molecule has 3 N–H and O–H groups in total. The van der Waals surface area contributed by atoms with Crippen molar-refractivity contribution >= 4 is 18.2 Å². The molecule has 18 atom stereocenters. The van der Waals surface area contributed by atoms with Gasteiger partial charge in [-0.15, -0.1) is 0 Å². The number of cyclic esters (lactones) is 1. The number of nitrogens with one attached hydrogen (secondary N) is 1. The Kier molecular flexibility index (Phi) is 12.9. The van der Waals surface area contributed by atoms with E-state index in [0.29, 0.717) is 19.4 Å². The molecule has 5 heterocycles. The molecule has 0 radical (unpaired) electrons. The van der Waals surface area contributed by atoms with Crippen LogP contribution in [0.2, 0.25) is 0 Å². The quantitative estimate of drug-likeness (QED) is 0.263. The molecular weight excluding hydrogens is 708 g/mol. The maximum Gasteiger partial charge on any atom is 0.509 e. The number of aliphatic hydroxyl groups is 2. The minimum atomic E-state index is -1.56. The van der Waals surface area contributed by atoms with E-state index in [9.17, 15) is 24.6 Å². The van der Waals surface area contributed by atoms with Gasteiger partial charge in [0.2, 0.25) is 0 Å². The number of nitrogens with zero attached hydrogens (tertiary/aromatic N) is 1. The predicted molar refractivity (Wildman–Crippen MR) is 191 cm³/mol. The topological polar surface area (TPSA) is 190 Å². The van der Waals surface area contributed by atoms with Gasteiger partial charge in [-0.25, -0.2) is 9.59 Å². The summed E-state index contributed by atoms with van der Waals surface area (Å²) in [5, 5.41) is 27.0. The van der Waals surface area contributed by atoms with Crippen LogP contribution in [0.15, 0.2) is 0 Å². The average Bonchev–Trinajstić information content (AvgIpc) is 3.58. The number of aliphatic hydroxyl groups excluding tert-OH is 1. The van der Waals surface area contributed by atoms with E-state index in [4.69, 9.17) is 42.6 Å². The van der Waals surface area contributed by atoms with Crippen molar-refractivity contribution in [2.24, 2.45) is 17.8 Å². The molecule has 5 fully saturated rings. The highest BCUT2D eigenvalue weighted by atomic mass is 16.8. The van der Waals surface area contributed by atoms with Crippen LogP contribution in [0.3, 0.4) is 0 Å². The molecule has 0 unspecified atom stereocenters. The van der Waals surface area contributed by atoms with Crippen LogP contribution in [0.4, 0.5) is 9.59 Å². The van der Waals surface area contributed by atoms with Crippen LogP contribution in [-0.4, -0.2) is 144 Å². The zero-order valence-corrected chi connectivity index (χ0v) is 33.9. The molecule has 0 bridgehead atoms. The molecule has 54 heavy (non-hydrogen) atoms. The Bertz CT molecular complexity index is 1350. The first-order valence-electron chi connectivity index (χ1n) is 19.5. The highest BCUT2D eigenvalue weighted by Crippen LogP contribution is 2.42. The van der Waals surface area contributed by atoms with Crippen LogP contribution in [-0.2, 0) is 47.4 Å². The molecule has 5 aliphatic rings. The van der Waals surface area contributed by atoms with E-state index in [0.717, 1.165) is 0 Å². The van der Waals surface area contributed by atoms with Crippen molar-refractivity contribution in [3.8, 4) is 0 Å². The average molecular weight is 773 g/mol. The van der Waals surface area contributed by atoms with Crippen LogP contribution in [0.5, 0.6) is 0 Å². The summed E-state index contributed by atoms with van der Waals surface area (Å²) in [6, 6.07) is -0.720. The minimum absolute atomic E-state index is 0.127. The zero-order valence-electron chi connectivity index (χ0n) is 33.9. The third kappa shape index (κ3) is 8.36. The minimum Gasteiger partial charge on any atom is -0.458 e. The van der Waals surface area contributed by atoms with Crippen LogP contribution in [0, 0.1) is 17.8 Å². The lowest BCUT2D eigenvalue weighted by Gasteiger charge is -2.48. The Morgan fingerprint density at radius 1 is 0.963 bits per heavy atom. The number of rotatable bonds is 6. The fraction of sp³-hybridized carbons (Fsp3) is 0.921. The molecule has 5 aliphatic heterocycles. The van der Waals surface area contributed by atoms with Gasteiger partial charge in [0.25, 0.3) is 0 Å². The van der Waals surface area contributed by atoms with Crippen molar-refractivity contribution in [3.63, 3.8) is 0 Å². The van der Waals surface area contributed by atoms with Gasteiger partial charge >= 0.3 is 18.2 Å². The van der Waals surface area contributed by atoms with E-state index in [1.807, 2.05) is 34.6 Å². The number of carbonyl (C=O) groups excluding carboxylic acids is 3. The summed E-state index contributed by atoms with van der Waals surface area (Å²) in [5.41, 5.74) is -3.91. The summed E-state index contributed by atoms with van der Waals surface area (Å²) in [6.07, 6.45) is -8.56. The highest BCUT2D eigenvalue weighted by molar-refractivity contribution is 5.73. The molecule has 0 aromatic heterocycles. The normalized spacial score (nSPS) is 49.4. The van der Waals surface area contributed by atoms with Crippen LogP contribution in [0.25, 0.3) is 0 Å². The van der Waals surface area contributed by atoms with Gasteiger partial charge in [-0.1, -0.05) is 20.8 Å². The lowest BCUT2D eigenvalue weighted by Crippen LogP contribution is -2.60. The maximum atomic E-state index is 14.4. The van der Waals surface area contributed by atoms with Gasteiger partial charge in [-0.2, -0.15) is 0 Å². The van der Waals surface area contributed by atoms with Gasteiger partial charge in [0, 0.05) is 32.5 Å². The molecular formula is C38H64N2O14. The van der Waals surface area contributed by atoms with Gasteiger partial charge < -0.3 is 63.1 Å². The lowest BCUT2D eigenvalue weighted by molar-refractivity contribution is -0.314. The standard InChI is InChI=1S/C38H64N2O14/c1-13-25-38(10)31(53-35(44)54-38)22(6)39-17-18(2)15-36(8,45)30(52-33-28-24(14-19(3)47-33)40(11)34(43)51-28)20(4)27(21(5)32(42)49-25)50-26-16-37(9,46-12)29(41)23(7)48-26/h18-31,33,39,41,45H,13-17H2,1-12H3/t18-,19-,20+,21-,22-,23+,24+,25-,26+,27+,28-,29+,30-,31+,33+,36-,37-,38-/m1/s1. The lowest BCUT2D eigenvalue weighted by atomic mass is 9.77. The van der Waals surface area contributed by atoms with Gasteiger partial charge in [-0.05, 0) is 80.2 Å². The number of esters is 1. The molecule has 5 rings (SSSR count). The van der Waals surface area contributed by atoms with Crippen molar-refractivity contribution in [1.82, 2.24) is 10.2 Å². The van der Waals surface area contributed by atoms with Crippen molar-refractivity contribution < 1.29 is 67.2 Å². The van der Waals surface area contributed by atoms with Crippen LogP contribution < -0.4 is 5.32 Å². The SMILES string of the molecule is CC[C@H]1OC(=O)[C@H](C)[C@@H](O[C@H]2C[C@@](C)(OC)[C@@H](O)[C@H](C)O2)[C@H](C)[C@@H](O[C@@H]2O[C@H](C)C[C@H]3[C@H]2OC(=O)N3C)[C@](C)(O)C[C@@H](C)CN[C@H](C)[C@@H]2OC(=O)O[C@]12C. The summed E-state index contributed by atoms with van der Waals surface area (Å²) in [4.78, 5) is 41.3. The van der Waals surface area contributed by atoms with Crippen molar-refractivity contribution in [2.45, 2.75) is 185 Å². The predicted octanol–water partition coefficient (Wildman–Crippen LogP) is 3.27. The number of fused-ring (bicyclic) bond motifs is 2. The van der Waals surface area contributed by atoms with E-state index < -0.39 is 108 Å². The number of likely N-dealkylation sites (N-methyl/N-ethyl adjacent to an activating group) is 1. The summed E-state index contributed by atoms with van der Waals surface area (Å²) in [5.74, 6) is -2.54. The first kappa shape index (κ1) is 42.8. The van der Waals surface area contributed by atoms with Crippen molar-refractivity contribution in [3.05, 3.63) is 0 Å². The number of amides is 1. The number of carbonyl (C=O) groups is 3. The largest absolute Gasteiger partial charge is 0.509 e. The number of methoxy groups -OCH3 is 1. The Balaban J connectivity index is 1.57. The van der Waals surface area contributed by atoms with Gasteiger partial charge in [0.1, 0.15) is 12.2 Å². The molecule has 16 heteroatoms. The Morgan fingerprint density at radius 3 is 2.30 bits per heavy atom. The summed E-state index contributed by atoms with van der Waals surface area (Å²) >= 11 is 0. The van der Waals surface area contributed by atoms with E-state index in [2.05, 4.69) is 5.32 Å². The van der Waals surface area contributed by atoms with E-state index in [1.54, 1.807) is 46.6 Å². The summed E-state index contributed by atoms with van der Waals surface area (Å²) < 4.78 is 55.2. The second-order valence-corrected chi connectivity index (χ2v) is 17.1. The van der Waals surface area contributed by atoms with Crippen molar-refractivity contribution in [2.75, 3.05) is 20.7 Å². The third-order valence-electron chi connectivity index (χ3n) is 12.5. The summed E-state index contributed by atoms with van der Waals surface area (Å²) in [7, 11) is 3.19. The molecule has 0 saturated carbocycles. The van der Waals surface area contributed by atoms with Gasteiger partial charge in [-0.3, -0.25) is 4.79 Å². The monoisotopic (exact) mass is 772 g/mol. The first-order chi connectivity index (χ1) is 25.1. The smallest absolute Gasteiger partial charge is 0.458 e. The summed E-state index contributed by atoms with van der Waals surface area (Å²) in [6.45, 7) is 18.4. The number of hydrogen-bond donors (Lipinski definition) is 3. The number of ether oxygens (including phenoxy) is 9. The second-order valence-electron chi connectivity index (χ2n) is 17.1. The van der Waals surface area contributed by atoms with Crippen LogP contribution >= 0.6 is 0 Å². The molecule has 0 aromatic rings. The fourth-order valence-electron chi connectivity index (χ4n) is 9.30. The molecule has 310 valence electrons. The first-order valence-corrected chi connectivity index (χ1v) is 19.5. The molecule has 5 saturated heterocycles. The molecule has 0 spiro atoms. The third-order valence-corrected chi connectivity index (χ3v) is 12.5. The van der Waals surface area contributed by atoms with Gasteiger partial charge in [0.05, 0.1) is 47.6 Å². The number of hydrogen-bond acceptors (Lipinski definition) is 15. The highest BCUT2D eigenvalue weighted by Gasteiger charge is 2.58. The molecule has 16 nitrogen and oxygen atoms in total. The second kappa shape index (κ2) is 16.3. The zero-order chi connectivity index (χ0) is 40.1. The Morgan fingerprint density at radius 2 is 1.65 bits per heavy atom.